The molecule has 116 valence electrons. The van der Waals surface area contributed by atoms with Gasteiger partial charge in [0.2, 0.25) is 0 Å². The molecule has 2 heteroatoms. The fourth-order valence-electron chi connectivity index (χ4n) is 3.14. The topological polar surface area (TPSA) is 0 Å². The van der Waals surface area contributed by atoms with Crippen molar-refractivity contribution in [3.8, 4) is 0 Å². The molecule has 0 saturated carbocycles. The van der Waals surface area contributed by atoms with Gasteiger partial charge >= 0.3 is 147 Å². The zero-order valence-electron chi connectivity index (χ0n) is 13.1. The van der Waals surface area contributed by atoms with E-state index in [2.05, 4.69) is 125 Å². The molecule has 0 nitrogen and oxygen atoms in total. The summed E-state index contributed by atoms with van der Waals surface area (Å²) >= 11 is 4.32. The van der Waals surface area contributed by atoms with Gasteiger partial charge in [-0.2, -0.15) is 0 Å². The van der Waals surface area contributed by atoms with Crippen LogP contribution in [-0.4, -0.2) is 0 Å². The first kappa shape index (κ1) is 16.2. The minimum absolute atomic E-state index is 1.31. The van der Waals surface area contributed by atoms with Crippen LogP contribution in [0.15, 0.2) is 103 Å². The molecule has 0 fully saturated rings. The monoisotopic (exact) mass is 382 g/mol. The van der Waals surface area contributed by atoms with Crippen LogP contribution < -0.4 is 15.9 Å². The fourth-order valence-corrected chi connectivity index (χ4v) is 10.2. The fraction of sp³-hybridized carbons (Fsp3) is 0.0476. The predicted molar refractivity (Wildman–Crippen MR) is 109 cm³/mol. The Morgan fingerprint density at radius 2 is 0.913 bits per heavy atom. The molecule has 0 N–H and O–H groups in total. The molecule has 3 rings (SSSR count). The van der Waals surface area contributed by atoms with E-state index in [-0.39, 0.29) is 0 Å². The summed E-state index contributed by atoms with van der Waals surface area (Å²) in [5.41, 5.74) is 0. The van der Waals surface area contributed by atoms with E-state index < -0.39 is 5.31 Å². The van der Waals surface area contributed by atoms with Crippen LogP contribution in [0, 0.1) is 0 Å². The van der Waals surface area contributed by atoms with Crippen molar-refractivity contribution in [1.82, 2.24) is 0 Å². The Balaban J connectivity index is 2.46. The van der Waals surface area contributed by atoms with Gasteiger partial charge in [-0.1, -0.05) is 0 Å². The van der Waals surface area contributed by atoms with Crippen molar-refractivity contribution in [1.29, 1.82) is 0 Å². The van der Waals surface area contributed by atoms with E-state index in [0.29, 0.717) is 0 Å². The second-order valence-corrected chi connectivity index (χ2v) is 14.0. The summed E-state index contributed by atoms with van der Waals surface area (Å²) in [7, 11) is 0. The van der Waals surface area contributed by atoms with E-state index in [1.165, 1.54) is 15.9 Å². The van der Waals surface area contributed by atoms with Gasteiger partial charge in [0.1, 0.15) is 0 Å². The molecular weight excluding hydrogens is 363 g/mol. The molecule has 0 saturated heterocycles. The van der Waals surface area contributed by atoms with Crippen LogP contribution in [0.25, 0.3) is 0 Å². The van der Waals surface area contributed by atoms with Crippen molar-refractivity contribution >= 4 is 36.7 Å². The third-order valence-corrected chi connectivity index (χ3v) is 13.4. The standard InChI is InChI=1S/C21H20BrP/c1-2-18-23(22,19-12-6-3-7-13-19,20-14-8-4-9-15-20)21-16-10-5-11-17-21/h2-18H,1H3/b18-2+. The van der Waals surface area contributed by atoms with Crippen molar-refractivity contribution in [2.75, 3.05) is 0 Å². The third kappa shape index (κ3) is 2.59. The molecule has 0 spiro atoms. The van der Waals surface area contributed by atoms with Crippen LogP contribution in [0.4, 0.5) is 0 Å². The summed E-state index contributed by atoms with van der Waals surface area (Å²) in [5.74, 6) is 2.37. The molecule has 3 aromatic carbocycles. The Bertz CT molecular complexity index is 696. The van der Waals surface area contributed by atoms with E-state index in [9.17, 15) is 0 Å². The molecule has 0 aromatic heterocycles. The van der Waals surface area contributed by atoms with Crippen LogP contribution in [0.1, 0.15) is 6.92 Å². The zero-order chi connectivity index (χ0) is 16.2. The van der Waals surface area contributed by atoms with E-state index in [1.807, 2.05) is 0 Å². The second kappa shape index (κ2) is 6.43. The minimum atomic E-state index is -2.80. The number of benzene rings is 3. The average molecular weight is 383 g/mol. The zero-order valence-corrected chi connectivity index (χ0v) is 15.6. The van der Waals surface area contributed by atoms with Gasteiger partial charge in [-0.3, -0.25) is 0 Å². The van der Waals surface area contributed by atoms with Gasteiger partial charge in [0, 0.05) is 0 Å². The van der Waals surface area contributed by atoms with Gasteiger partial charge in [0.05, 0.1) is 0 Å². The Hall–Kier alpha value is -1.69. The van der Waals surface area contributed by atoms with Gasteiger partial charge in [-0.25, -0.2) is 0 Å². The molecule has 0 aliphatic heterocycles. The van der Waals surface area contributed by atoms with E-state index in [1.54, 1.807) is 0 Å². The predicted octanol–water partition coefficient (Wildman–Crippen LogP) is 5.36. The first-order chi connectivity index (χ1) is 11.2. The molecule has 0 radical (unpaired) electrons. The quantitative estimate of drug-likeness (QED) is 0.532. The number of rotatable bonds is 4. The van der Waals surface area contributed by atoms with E-state index in [0.717, 1.165) is 0 Å². The van der Waals surface area contributed by atoms with Crippen molar-refractivity contribution in [3.63, 3.8) is 0 Å². The normalized spacial score (nSPS) is 13.6. The average Bonchev–Trinajstić information content (AvgIpc) is 2.64. The third-order valence-electron chi connectivity index (χ3n) is 4.21. The number of halogens is 1. The first-order valence-electron chi connectivity index (χ1n) is 7.74. The summed E-state index contributed by atoms with van der Waals surface area (Å²) in [6, 6.07) is 32.3. The van der Waals surface area contributed by atoms with E-state index in [4.69, 9.17) is 0 Å². The molecular formula is C21H20BrP. The van der Waals surface area contributed by atoms with Crippen LogP contribution in [-0.2, 0) is 0 Å². The SMILES string of the molecule is C/C=C/P(Br)(c1ccccc1)(c1ccccc1)c1ccccc1. The first-order valence-corrected chi connectivity index (χ1v) is 12.1. The Morgan fingerprint density at radius 3 is 1.17 bits per heavy atom. The molecule has 0 atom stereocenters. The van der Waals surface area contributed by atoms with Gasteiger partial charge in [0.25, 0.3) is 0 Å². The summed E-state index contributed by atoms with van der Waals surface area (Å²) in [6.45, 7) is 2.09. The van der Waals surface area contributed by atoms with Gasteiger partial charge in [-0.05, 0) is 0 Å². The Morgan fingerprint density at radius 1 is 0.609 bits per heavy atom. The molecule has 0 amide bonds. The molecule has 0 bridgehead atoms. The number of allylic oxidation sites excluding steroid dienone is 1. The summed E-state index contributed by atoms with van der Waals surface area (Å²) in [6.07, 6.45) is 2.17. The molecule has 0 heterocycles. The number of hydrogen-bond acceptors (Lipinski definition) is 0. The molecule has 3 aromatic rings. The van der Waals surface area contributed by atoms with Gasteiger partial charge in [0.15, 0.2) is 0 Å². The number of hydrogen-bond donors (Lipinski definition) is 0. The second-order valence-electron chi connectivity index (χ2n) is 5.56. The van der Waals surface area contributed by atoms with E-state index >= 15 is 0 Å². The van der Waals surface area contributed by atoms with Gasteiger partial charge in [-0.15, -0.1) is 0 Å². The summed E-state index contributed by atoms with van der Waals surface area (Å²) in [5, 5.41) is 1.14. The maximum atomic E-state index is 4.32. The Kier molecular flexibility index (Phi) is 4.53. The molecule has 0 aliphatic carbocycles. The Labute approximate surface area is 146 Å². The van der Waals surface area contributed by atoms with Crippen LogP contribution >= 0.6 is 20.8 Å². The van der Waals surface area contributed by atoms with Gasteiger partial charge < -0.3 is 0 Å². The summed E-state index contributed by atoms with van der Waals surface area (Å²) < 4.78 is 0. The van der Waals surface area contributed by atoms with Crippen molar-refractivity contribution in [3.05, 3.63) is 103 Å². The van der Waals surface area contributed by atoms with Crippen LogP contribution in [0.2, 0.25) is 0 Å². The summed E-state index contributed by atoms with van der Waals surface area (Å²) in [4.78, 5) is 0. The maximum absolute atomic E-state index is 4.32. The van der Waals surface area contributed by atoms with Crippen molar-refractivity contribution in [2.45, 2.75) is 6.92 Å². The van der Waals surface area contributed by atoms with Crippen molar-refractivity contribution < 1.29 is 0 Å². The molecule has 0 unspecified atom stereocenters. The van der Waals surface area contributed by atoms with Crippen LogP contribution in [0.3, 0.4) is 0 Å². The van der Waals surface area contributed by atoms with Crippen LogP contribution in [0.5, 0.6) is 0 Å². The molecule has 23 heavy (non-hydrogen) atoms. The van der Waals surface area contributed by atoms with Crippen molar-refractivity contribution in [2.24, 2.45) is 0 Å². The molecule has 0 aliphatic rings.